The summed E-state index contributed by atoms with van der Waals surface area (Å²) in [5, 5.41) is 7.13. The highest BCUT2D eigenvalue weighted by molar-refractivity contribution is 4.64. The number of hydrogen-bond donors (Lipinski definition) is 3. The molecule has 3 nitrogen and oxygen atoms in total. The number of nitrogens with two attached hydrogens (primary N) is 1. The van der Waals surface area contributed by atoms with E-state index in [0.29, 0.717) is 0 Å². The second kappa shape index (κ2) is 19.6. The van der Waals surface area contributed by atoms with E-state index in [4.69, 9.17) is 5.73 Å². The Morgan fingerprint density at radius 1 is 0.538 bits per heavy atom. The fourth-order valence-corrected chi connectivity index (χ4v) is 4.19. The molecule has 0 spiro atoms. The van der Waals surface area contributed by atoms with Crippen LogP contribution in [0.25, 0.3) is 0 Å². The summed E-state index contributed by atoms with van der Waals surface area (Å²) >= 11 is 0. The van der Waals surface area contributed by atoms with Crippen LogP contribution in [0.4, 0.5) is 0 Å². The number of nitrogens with one attached hydrogen (secondary N) is 2. The molecule has 0 aromatic carbocycles. The molecule has 0 unspecified atom stereocenters. The normalized spacial score (nSPS) is 19.7. The number of rotatable bonds is 10. The van der Waals surface area contributed by atoms with Crippen LogP contribution >= 0.6 is 0 Å². The van der Waals surface area contributed by atoms with E-state index in [1.54, 1.807) is 0 Å². The average molecular weight is 368 g/mol. The molecule has 0 bridgehead atoms. The van der Waals surface area contributed by atoms with Gasteiger partial charge in [0.05, 0.1) is 0 Å². The molecular formula is C23H49N3. The van der Waals surface area contributed by atoms with Gasteiger partial charge in [-0.1, -0.05) is 89.9 Å². The van der Waals surface area contributed by atoms with Crippen LogP contribution in [-0.4, -0.2) is 32.7 Å². The Morgan fingerprint density at radius 3 is 1.46 bits per heavy atom. The van der Waals surface area contributed by atoms with Gasteiger partial charge in [0.1, 0.15) is 0 Å². The molecule has 0 heterocycles. The molecule has 0 atom stereocenters. The zero-order valence-electron chi connectivity index (χ0n) is 17.7. The minimum atomic E-state index is 0.798. The monoisotopic (exact) mass is 367 g/mol. The van der Waals surface area contributed by atoms with Gasteiger partial charge < -0.3 is 16.4 Å². The van der Waals surface area contributed by atoms with Crippen LogP contribution in [0, 0.1) is 5.92 Å². The molecule has 1 saturated carbocycles. The van der Waals surface area contributed by atoms with Gasteiger partial charge in [-0.05, 0) is 57.9 Å². The van der Waals surface area contributed by atoms with Gasteiger partial charge in [-0.2, -0.15) is 0 Å². The molecule has 0 aliphatic heterocycles. The minimum absolute atomic E-state index is 0.798. The van der Waals surface area contributed by atoms with Crippen molar-refractivity contribution in [3.63, 3.8) is 0 Å². The highest BCUT2D eigenvalue weighted by atomic mass is 14.9. The van der Waals surface area contributed by atoms with Gasteiger partial charge in [0.25, 0.3) is 0 Å². The van der Waals surface area contributed by atoms with Crippen LogP contribution < -0.4 is 16.4 Å². The van der Waals surface area contributed by atoms with E-state index in [2.05, 4.69) is 10.6 Å². The van der Waals surface area contributed by atoms with Crippen molar-refractivity contribution < 1.29 is 0 Å². The van der Waals surface area contributed by atoms with E-state index in [1.165, 1.54) is 109 Å². The van der Waals surface area contributed by atoms with Crippen molar-refractivity contribution >= 4 is 0 Å². The van der Waals surface area contributed by atoms with Gasteiger partial charge in [-0.25, -0.2) is 0 Å². The third-order valence-corrected chi connectivity index (χ3v) is 5.97. The molecule has 26 heavy (non-hydrogen) atoms. The SMILES string of the molecule is NCCCNCCCNCCC1CCCCCCCCCCCCCC1. The van der Waals surface area contributed by atoms with Gasteiger partial charge in [0.2, 0.25) is 0 Å². The first-order valence-electron chi connectivity index (χ1n) is 12.0. The predicted octanol–water partition coefficient (Wildman–Crippen LogP) is 5.39. The first kappa shape index (κ1) is 23.9. The molecule has 0 aromatic rings. The lowest BCUT2D eigenvalue weighted by molar-refractivity contribution is 0.373. The average Bonchev–Trinajstić information content (AvgIpc) is 2.66. The Hall–Kier alpha value is -0.120. The van der Waals surface area contributed by atoms with E-state index in [-0.39, 0.29) is 0 Å². The standard InChI is InChI=1S/C23H49N3/c24-18-13-19-25-20-14-21-26-22-17-23-15-11-9-7-5-3-1-2-4-6-8-10-12-16-23/h23,25-26H,1-22,24H2. The summed E-state index contributed by atoms with van der Waals surface area (Å²) in [5.74, 6) is 0.968. The topological polar surface area (TPSA) is 50.1 Å². The Morgan fingerprint density at radius 2 is 0.962 bits per heavy atom. The quantitative estimate of drug-likeness (QED) is 0.454. The van der Waals surface area contributed by atoms with Crippen molar-refractivity contribution in [2.75, 3.05) is 32.7 Å². The Balaban J connectivity index is 2.07. The third kappa shape index (κ3) is 16.1. The maximum Gasteiger partial charge on any atom is -0.00368 e. The Labute approximate surface area is 164 Å². The van der Waals surface area contributed by atoms with Crippen LogP contribution in [0.5, 0.6) is 0 Å². The summed E-state index contributed by atoms with van der Waals surface area (Å²) < 4.78 is 0. The van der Waals surface area contributed by atoms with E-state index < -0.39 is 0 Å². The second-order valence-corrected chi connectivity index (χ2v) is 8.47. The summed E-state index contributed by atoms with van der Waals surface area (Å²) in [6, 6.07) is 0. The molecule has 0 saturated heterocycles. The molecule has 3 heteroatoms. The molecule has 0 amide bonds. The van der Waals surface area contributed by atoms with Crippen molar-refractivity contribution in [2.24, 2.45) is 11.7 Å². The molecule has 0 aromatic heterocycles. The van der Waals surface area contributed by atoms with Crippen molar-refractivity contribution in [2.45, 2.75) is 109 Å². The lowest BCUT2D eigenvalue weighted by Gasteiger charge is -2.17. The van der Waals surface area contributed by atoms with E-state index >= 15 is 0 Å². The van der Waals surface area contributed by atoms with Crippen LogP contribution in [0.3, 0.4) is 0 Å². The van der Waals surface area contributed by atoms with Crippen molar-refractivity contribution in [3.05, 3.63) is 0 Å². The van der Waals surface area contributed by atoms with Crippen LogP contribution in [0.2, 0.25) is 0 Å². The van der Waals surface area contributed by atoms with E-state index in [1.807, 2.05) is 0 Å². The smallest absolute Gasteiger partial charge is 0.00368 e. The Kier molecular flexibility index (Phi) is 18.1. The van der Waals surface area contributed by atoms with Crippen LogP contribution in [0.1, 0.15) is 109 Å². The summed E-state index contributed by atoms with van der Waals surface area (Å²) in [6.07, 6.45) is 24.4. The summed E-state index contributed by atoms with van der Waals surface area (Å²) in [6.45, 7) is 5.36. The maximum atomic E-state index is 5.50. The van der Waals surface area contributed by atoms with Crippen LogP contribution in [0.15, 0.2) is 0 Å². The molecule has 4 N–H and O–H groups in total. The maximum absolute atomic E-state index is 5.50. The van der Waals surface area contributed by atoms with E-state index in [9.17, 15) is 0 Å². The van der Waals surface area contributed by atoms with Gasteiger partial charge >= 0.3 is 0 Å². The fourth-order valence-electron chi connectivity index (χ4n) is 4.19. The molecule has 1 aliphatic rings. The first-order chi connectivity index (χ1) is 12.9. The van der Waals surface area contributed by atoms with Crippen molar-refractivity contribution in [1.82, 2.24) is 10.6 Å². The molecular weight excluding hydrogens is 318 g/mol. The van der Waals surface area contributed by atoms with Crippen molar-refractivity contribution in [3.8, 4) is 0 Å². The lowest BCUT2D eigenvalue weighted by Crippen LogP contribution is -2.25. The first-order valence-corrected chi connectivity index (χ1v) is 12.0. The lowest BCUT2D eigenvalue weighted by atomic mass is 9.91. The second-order valence-electron chi connectivity index (χ2n) is 8.47. The third-order valence-electron chi connectivity index (χ3n) is 5.97. The van der Waals surface area contributed by atoms with Crippen molar-refractivity contribution in [1.29, 1.82) is 0 Å². The summed E-state index contributed by atoms with van der Waals surface area (Å²) in [5.41, 5.74) is 5.50. The molecule has 1 rings (SSSR count). The molecule has 1 aliphatic carbocycles. The predicted molar refractivity (Wildman–Crippen MR) is 117 cm³/mol. The van der Waals surface area contributed by atoms with Gasteiger partial charge in [0.15, 0.2) is 0 Å². The van der Waals surface area contributed by atoms with Gasteiger partial charge in [0, 0.05) is 0 Å². The molecule has 0 radical (unpaired) electrons. The minimum Gasteiger partial charge on any atom is -0.330 e. The van der Waals surface area contributed by atoms with Crippen LogP contribution in [-0.2, 0) is 0 Å². The molecule has 1 fully saturated rings. The molecule has 156 valence electrons. The van der Waals surface area contributed by atoms with E-state index in [0.717, 1.165) is 38.5 Å². The zero-order valence-corrected chi connectivity index (χ0v) is 17.7. The van der Waals surface area contributed by atoms with Gasteiger partial charge in [-0.15, -0.1) is 0 Å². The highest BCUT2D eigenvalue weighted by Crippen LogP contribution is 2.22. The summed E-state index contributed by atoms with van der Waals surface area (Å²) in [7, 11) is 0. The highest BCUT2D eigenvalue weighted by Gasteiger charge is 2.09. The Bertz CT molecular complexity index is 254. The summed E-state index contributed by atoms with van der Waals surface area (Å²) in [4.78, 5) is 0. The number of hydrogen-bond acceptors (Lipinski definition) is 3. The fraction of sp³-hybridized carbons (Fsp3) is 1.00. The zero-order chi connectivity index (χ0) is 18.5. The largest absolute Gasteiger partial charge is 0.330 e. The van der Waals surface area contributed by atoms with Gasteiger partial charge in [-0.3, -0.25) is 0 Å².